The molecular formula is C12H8BrN3OS2. The number of thiocarbonyl (C=S) groups is 1. The van der Waals surface area contributed by atoms with Gasteiger partial charge in [-0.2, -0.15) is 4.99 Å². The number of hydrogen-bond acceptors (Lipinski definition) is 5. The van der Waals surface area contributed by atoms with Crippen LogP contribution in [0.3, 0.4) is 0 Å². The Bertz CT molecular complexity index is 677. The summed E-state index contributed by atoms with van der Waals surface area (Å²) >= 11 is 9.36. The van der Waals surface area contributed by atoms with E-state index in [2.05, 4.69) is 48.6 Å². The molecule has 1 aromatic carbocycles. The van der Waals surface area contributed by atoms with Crippen molar-refractivity contribution in [2.45, 2.75) is 6.92 Å². The second-order valence-corrected chi connectivity index (χ2v) is 5.55. The van der Waals surface area contributed by atoms with Crippen LogP contribution in [0.1, 0.15) is 6.92 Å². The van der Waals surface area contributed by atoms with E-state index in [1.807, 2.05) is 24.3 Å². The lowest BCUT2D eigenvalue weighted by atomic mass is 10.2. The van der Waals surface area contributed by atoms with Gasteiger partial charge in [-0.05, 0) is 18.3 Å². The smallest absolute Gasteiger partial charge is 0.223 e. The molecule has 7 heteroatoms. The number of anilines is 1. The van der Waals surface area contributed by atoms with Crippen LogP contribution in [-0.4, -0.2) is 16.1 Å². The Kier molecular flexibility index (Phi) is 4.55. The Morgan fingerprint density at radius 3 is 2.89 bits per heavy atom. The Morgan fingerprint density at radius 2 is 2.26 bits per heavy atom. The molecule has 0 saturated heterocycles. The van der Waals surface area contributed by atoms with Crippen LogP contribution in [0.4, 0.5) is 10.1 Å². The zero-order chi connectivity index (χ0) is 13.8. The highest BCUT2D eigenvalue weighted by atomic mass is 79.9. The molecule has 0 aliphatic carbocycles. The summed E-state index contributed by atoms with van der Waals surface area (Å²) in [6, 6.07) is 7.65. The minimum absolute atomic E-state index is 0.176. The van der Waals surface area contributed by atoms with Crippen molar-refractivity contribution in [3.05, 3.63) is 28.7 Å². The quantitative estimate of drug-likeness (QED) is 0.662. The maximum Gasteiger partial charge on any atom is 0.223 e. The number of hydrogen-bond donors (Lipinski definition) is 1. The van der Waals surface area contributed by atoms with Crippen LogP contribution in [0.2, 0.25) is 0 Å². The number of rotatable bonds is 3. The third kappa shape index (κ3) is 3.33. The van der Waals surface area contributed by atoms with E-state index in [-0.39, 0.29) is 5.91 Å². The first kappa shape index (κ1) is 14.0. The highest BCUT2D eigenvalue weighted by Crippen LogP contribution is 2.40. The molecule has 19 heavy (non-hydrogen) atoms. The number of thiazole rings is 1. The van der Waals surface area contributed by atoms with Gasteiger partial charge in [-0.3, -0.25) is 4.79 Å². The molecule has 1 N–H and O–H groups in total. The second-order valence-electron chi connectivity index (χ2n) is 3.54. The monoisotopic (exact) mass is 353 g/mol. The SMILES string of the molecule is CC(=O)Nc1nc(-c2ccccc2Br)c(N=C=S)s1. The van der Waals surface area contributed by atoms with Crippen molar-refractivity contribution >= 4 is 60.7 Å². The van der Waals surface area contributed by atoms with Gasteiger partial charge in [0, 0.05) is 17.0 Å². The molecule has 1 heterocycles. The first-order chi connectivity index (χ1) is 9.11. The van der Waals surface area contributed by atoms with Crippen LogP contribution in [0.15, 0.2) is 33.7 Å². The maximum absolute atomic E-state index is 11.1. The van der Waals surface area contributed by atoms with Gasteiger partial charge >= 0.3 is 0 Å². The minimum atomic E-state index is -0.176. The van der Waals surface area contributed by atoms with Gasteiger partial charge < -0.3 is 5.32 Å². The van der Waals surface area contributed by atoms with E-state index in [0.29, 0.717) is 15.8 Å². The van der Waals surface area contributed by atoms with Crippen LogP contribution >= 0.6 is 39.5 Å². The van der Waals surface area contributed by atoms with E-state index in [4.69, 9.17) is 0 Å². The number of benzene rings is 1. The highest BCUT2D eigenvalue weighted by Gasteiger charge is 2.15. The van der Waals surface area contributed by atoms with Crippen molar-refractivity contribution in [3.63, 3.8) is 0 Å². The van der Waals surface area contributed by atoms with Gasteiger partial charge in [0.25, 0.3) is 0 Å². The number of aliphatic imine (C=N–C) groups is 1. The van der Waals surface area contributed by atoms with E-state index in [1.54, 1.807) is 0 Å². The fourth-order valence-corrected chi connectivity index (χ4v) is 2.94. The summed E-state index contributed by atoms with van der Waals surface area (Å²) in [7, 11) is 0. The number of carbonyl (C=O) groups is 1. The Hall–Kier alpha value is -1.40. The second kappa shape index (κ2) is 6.16. The molecule has 1 aromatic heterocycles. The summed E-state index contributed by atoms with van der Waals surface area (Å²) in [6.07, 6.45) is 0. The van der Waals surface area contributed by atoms with Gasteiger partial charge in [0.15, 0.2) is 10.1 Å². The third-order valence-corrected chi connectivity index (χ3v) is 3.82. The minimum Gasteiger partial charge on any atom is -0.302 e. The van der Waals surface area contributed by atoms with Gasteiger partial charge in [-0.1, -0.05) is 45.5 Å². The molecule has 0 radical (unpaired) electrons. The fraction of sp³-hybridized carbons (Fsp3) is 0.0833. The van der Waals surface area contributed by atoms with Crippen molar-refractivity contribution in [1.82, 2.24) is 4.98 Å². The van der Waals surface area contributed by atoms with Crippen molar-refractivity contribution in [3.8, 4) is 11.3 Å². The van der Waals surface area contributed by atoms with E-state index in [0.717, 1.165) is 10.0 Å². The number of nitrogens with one attached hydrogen (secondary N) is 1. The normalized spacial score (nSPS) is 9.79. The van der Waals surface area contributed by atoms with Gasteiger partial charge in [0.05, 0.1) is 5.16 Å². The Balaban J connectivity index is 2.55. The highest BCUT2D eigenvalue weighted by molar-refractivity contribution is 9.10. The van der Waals surface area contributed by atoms with Crippen LogP contribution in [-0.2, 0) is 4.79 Å². The number of isothiocyanates is 1. The van der Waals surface area contributed by atoms with Crippen molar-refractivity contribution in [2.75, 3.05) is 5.32 Å². The molecule has 0 aliphatic heterocycles. The molecule has 0 atom stereocenters. The summed E-state index contributed by atoms with van der Waals surface area (Å²) in [5, 5.41) is 6.08. The average molecular weight is 354 g/mol. The van der Waals surface area contributed by atoms with E-state index in [1.165, 1.54) is 18.3 Å². The number of nitrogens with zero attached hydrogens (tertiary/aromatic N) is 2. The lowest BCUT2D eigenvalue weighted by molar-refractivity contribution is -0.114. The number of halogens is 1. The molecule has 4 nitrogen and oxygen atoms in total. The van der Waals surface area contributed by atoms with Crippen LogP contribution < -0.4 is 5.32 Å². The predicted octanol–water partition coefficient (Wildman–Crippen LogP) is 4.27. The molecule has 0 fully saturated rings. The van der Waals surface area contributed by atoms with Crippen molar-refractivity contribution in [2.24, 2.45) is 4.99 Å². The molecule has 0 bridgehead atoms. The van der Waals surface area contributed by atoms with Crippen LogP contribution in [0.25, 0.3) is 11.3 Å². The summed E-state index contributed by atoms with van der Waals surface area (Å²) in [4.78, 5) is 19.5. The van der Waals surface area contributed by atoms with Crippen molar-refractivity contribution < 1.29 is 4.79 Å². The fourth-order valence-electron chi connectivity index (χ4n) is 1.46. The van der Waals surface area contributed by atoms with Gasteiger partial charge in [0.2, 0.25) is 5.91 Å². The predicted molar refractivity (Wildman–Crippen MR) is 84.2 cm³/mol. The van der Waals surface area contributed by atoms with Gasteiger partial charge in [0.1, 0.15) is 5.69 Å². The number of carbonyl (C=O) groups excluding carboxylic acids is 1. The van der Waals surface area contributed by atoms with Crippen molar-refractivity contribution in [1.29, 1.82) is 0 Å². The van der Waals surface area contributed by atoms with Crippen LogP contribution in [0, 0.1) is 0 Å². The molecule has 0 spiro atoms. The molecule has 1 amide bonds. The molecule has 0 saturated carbocycles. The molecule has 2 aromatic rings. The lowest BCUT2D eigenvalue weighted by Gasteiger charge is -2.00. The van der Waals surface area contributed by atoms with Gasteiger partial charge in [-0.15, -0.1) is 0 Å². The molecule has 2 rings (SSSR count). The summed E-state index contributed by atoms with van der Waals surface area (Å²) in [5.41, 5.74) is 1.55. The number of aromatic nitrogens is 1. The number of amides is 1. The first-order valence-corrected chi connectivity index (χ1v) is 7.24. The largest absolute Gasteiger partial charge is 0.302 e. The molecule has 96 valence electrons. The molecule has 0 unspecified atom stereocenters. The van der Waals surface area contributed by atoms with Crippen LogP contribution in [0.5, 0.6) is 0 Å². The zero-order valence-corrected chi connectivity index (χ0v) is 13.0. The zero-order valence-electron chi connectivity index (χ0n) is 9.81. The van der Waals surface area contributed by atoms with E-state index >= 15 is 0 Å². The summed E-state index contributed by atoms with van der Waals surface area (Å²) in [6.45, 7) is 1.43. The first-order valence-electron chi connectivity index (χ1n) is 5.23. The third-order valence-electron chi connectivity index (χ3n) is 2.17. The standard InChI is InChI=1S/C12H8BrN3OS2/c1-7(17)15-12-16-10(11(19-12)14-6-18)8-4-2-3-5-9(8)13/h2-5H,1H3,(H,15,16,17). The van der Waals surface area contributed by atoms with E-state index in [9.17, 15) is 4.79 Å². The maximum atomic E-state index is 11.1. The Labute approximate surface area is 127 Å². The van der Waals surface area contributed by atoms with E-state index < -0.39 is 0 Å². The van der Waals surface area contributed by atoms with Gasteiger partial charge in [-0.25, -0.2) is 4.98 Å². The lowest BCUT2D eigenvalue weighted by Crippen LogP contribution is -2.04. The topological polar surface area (TPSA) is 54.4 Å². The summed E-state index contributed by atoms with van der Waals surface area (Å²) < 4.78 is 0.899. The molecular weight excluding hydrogens is 346 g/mol. The molecule has 0 aliphatic rings. The summed E-state index contributed by atoms with van der Waals surface area (Å²) in [5.74, 6) is -0.176. The average Bonchev–Trinajstić information content (AvgIpc) is 2.72. The Morgan fingerprint density at radius 1 is 1.53 bits per heavy atom.